The van der Waals surface area contributed by atoms with Gasteiger partial charge in [-0.1, -0.05) is 33.8 Å². The second kappa shape index (κ2) is 11.4. The van der Waals surface area contributed by atoms with Gasteiger partial charge in [-0.3, -0.25) is 9.59 Å². The van der Waals surface area contributed by atoms with Gasteiger partial charge < -0.3 is 30.3 Å². The van der Waals surface area contributed by atoms with Crippen LogP contribution in [0.4, 0.5) is 0 Å². The Bertz CT molecular complexity index is 1080. The zero-order valence-corrected chi connectivity index (χ0v) is 24.4. The predicted molar refractivity (Wildman–Crippen MR) is 147 cm³/mol. The molecular weight excluding hydrogens is 500 g/mol. The number of amides is 2. The molecule has 0 radical (unpaired) electrons. The molecule has 1 aromatic carbocycles. The Kier molecular flexibility index (Phi) is 8.95. The number of hydrogen-bond donors (Lipinski definition) is 4. The Labute approximate surface area is 231 Å². The van der Waals surface area contributed by atoms with E-state index in [-0.39, 0.29) is 34.9 Å². The molecule has 1 saturated carbocycles. The number of phenols is 2. The van der Waals surface area contributed by atoms with Gasteiger partial charge in [-0.25, -0.2) is 4.79 Å². The van der Waals surface area contributed by atoms with Gasteiger partial charge in [-0.05, 0) is 87.3 Å². The van der Waals surface area contributed by atoms with Gasteiger partial charge in [0.25, 0.3) is 0 Å². The van der Waals surface area contributed by atoms with E-state index < -0.39 is 35.5 Å². The third-order valence-electron chi connectivity index (χ3n) is 9.34. The first kappa shape index (κ1) is 30.7. The summed E-state index contributed by atoms with van der Waals surface area (Å²) in [6, 6.07) is 3.30. The summed E-state index contributed by atoms with van der Waals surface area (Å²) in [4.78, 5) is 40.8. The number of nitrogens with zero attached hydrogens (tertiary/aromatic N) is 1. The van der Waals surface area contributed by atoms with Crippen molar-refractivity contribution in [3.8, 4) is 11.5 Å². The average molecular weight is 547 g/mol. The number of hydrogen-bond acceptors (Lipinski definition) is 7. The van der Waals surface area contributed by atoms with Gasteiger partial charge in [0.15, 0.2) is 11.5 Å². The fourth-order valence-electron chi connectivity index (χ4n) is 5.98. The predicted octanol–water partition coefficient (Wildman–Crippen LogP) is 3.67. The third kappa shape index (κ3) is 6.68. The largest absolute Gasteiger partial charge is 0.504 e. The first-order valence-electron chi connectivity index (χ1n) is 14.0. The van der Waals surface area contributed by atoms with Crippen molar-refractivity contribution in [2.75, 3.05) is 6.54 Å². The molecule has 2 aliphatic rings. The van der Waals surface area contributed by atoms with E-state index in [1.807, 2.05) is 6.92 Å². The van der Waals surface area contributed by atoms with Gasteiger partial charge in [0.05, 0.1) is 6.10 Å². The minimum absolute atomic E-state index is 0.116. The van der Waals surface area contributed by atoms with Crippen molar-refractivity contribution in [1.82, 2.24) is 10.2 Å². The Morgan fingerprint density at radius 2 is 1.79 bits per heavy atom. The van der Waals surface area contributed by atoms with E-state index in [9.17, 15) is 29.7 Å². The van der Waals surface area contributed by atoms with Crippen LogP contribution in [-0.4, -0.2) is 68.3 Å². The lowest BCUT2D eigenvalue weighted by Gasteiger charge is -2.40. The lowest BCUT2D eigenvalue weighted by atomic mass is 9.66. The molecule has 9 heteroatoms. The van der Waals surface area contributed by atoms with Crippen molar-refractivity contribution in [1.29, 1.82) is 0 Å². The van der Waals surface area contributed by atoms with E-state index in [0.29, 0.717) is 30.9 Å². The zero-order valence-electron chi connectivity index (χ0n) is 24.4. The number of ether oxygens (including phenoxy) is 1. The summed E-state index contributed by atoms with van der Waals surface area (Å²) in [5, 5.41) is 32.1. The highest BCUT2D eigenvalue weighted by Gasteiger charge is 2.49. The molecule has 3 rings (SSSR count). The van der Waals surface area contributed by atoms with Crippen LogP contribution in [0.2, 0.25) is 0 Å². The van der Waals surface area contributed by atoms with Gasteiger partial charge in [-0.2, -0.15) is 0 Å². The number of carbonyl (C=O) groups is 3. The molecule has 2 fully saturated rings. The number of aliphatic hydroxyl groups excluding tert-OH is 1. The van der Waals surface area contributed by atoms with Gasteiger partial charge >= 0.3 is 5.97 Å². The summed E-state index contributed by atoms with van der Waals surface area (Å²) in [5.41, 5.74) is -0.564. The summed E-state index contributed by atoms with van der Waals surface area (Å²) in [5.74, 6) is -1.80. The fourth-order valence-corrected chi connectivity index (χ4v) is 5.98. The lowest BCUT2D eigenvalue weighted by Crippen LogP contribution is -2.59. The number of carbonyl (C=O) groups excluding carboxylic acids is 3. The highest BCUT2D eigenvalue weighted by molar-refractivity contribution is 5.94. The van der Waals surface area contributed by atoms with Crippen LogP contribution in [0.3, 0.4) is 0 Å². The van der Waals surface area contributed by atoms with E-state index in [0.717, 1.165) is 19.3 Å². The third-order valence-corrected chi connectivity index (χ3v) is 9.34. The molecule has 0 aromatic heterocycles. The first-order chi connectivity index (χ1) is 18.0. The zero-order chi connectivity index (χ0) is 29.3. The number of aromatic hydroxyl groups is 2. The molecule has 0 spiro atoms. The molecule has 218 valence electrons. The summed E-state index contributed by atoms with van der Waals surface area (Å²) < 4.78 is 5.86. The van der Waals surface area contributed by atoms with Crippen molar-refractivity contribution >= 4 is 17.8 Å². The Hall–Kier alpha value is -2.81. The molecule has 4 atom stereocenters. The number of nitrogens with one attached hydrogen (secondary N) is 1. The number of likely N-dealkylation sites (tertiary alicyclic amines) is 1. The maximum absolute atomic E-state index is 13.5. The highest BCUT2D eigenvalue weighted by Crippen LogP contribution is 2.57. The van der Waals surface area contributed by atoms with Gasteiger partial charge in [0, 0.05) is 13.0 Å². The van der Waals surface area contributed by atoms with Gasteiger partial charge in [0.2, 0.25) is 11.8 Å². The fraction of sp³-hybridized carbons (Fsp3) is 0.700. The van der Waals surface area contributed by atoms with Crippen LogP contribution in [0.5, 0.6) is 11.5 Å². The van der Waals surface area contributed by atoms with Crippen molar-refractivity contribution in [2.45, 2.75) is 111 Å². The first-order valence-corrected chi connectivity index (χ1v) is 14.0. The quantitative estimate of drug-likeness (QED) is 0.274. The molecule has 0 bridgehead atoms. The topological polar surface area (TPSA) is 136 Å². The van der Waals surface area contributed by atoms with E-state index in [4.69, 9.17) is 4.74 Å². The van der Waals surface area contributed by atoms with E-state index >= 15 is 0 Å². The standard InChI is InChI=1S/C30H46N2O7/c1-18(15-20-12-13-28(2,3)29(20,4)5)39-26(37)21-9-8-14-32(21)27(38)30(6,7)31-25(36)24(35)17-19-10-11-22(33)23(34)16-19/h10-11,16,18,20-21,24,33-35H,8-9,12-15,17H2,1-7H3,(H,31,36). The number of aliphatic hydroxyl groups is 1. The van der Waals surface area contributed by atoms with Crippen LogP contribution in [0.1, 0.15) is 86.1 Å². The Balaban J connectivity index is 1.58. The second-order valence-electron chi connectivity index (χ2n) is 13.1. The molecule has 4 N–H and O–H groups in total. The molecule has 1 aliphatic carbocycles. The maximum Gasteiger partial charge on any atom is 0.329 e. The number of benzene rings is 1. The Morgan fingerprint density at radius 1 is 1.13 bits per heavy atom. The van der Waals surface area contributed by atoms with Crippen molar-refractivity contribution in [3.63, 3.8) is 0 Å². The SMILES string of the molecule is CC(CC1CCC(C)(C)C1(C)C)OC(=O)C1CCCN1C(=O)C(C)(C)NC(=O)C(O)Cc1ccc(O)c(O)c1. The molecule has 2 amide bonds. The summed E-state index contributed by atoms with van der Waals surface area (Å²) in [7, 11) is 0. The van der Waals surface area contributed by atoms with Crippen LogP contribution in [-0.2, 0) is 25.5 Å². The molecular formula is C30H46N2O7. The average Bonchev–Trinajstić information content (AvgIpc) is 3.39. The minimum atomic E-state index is -1.48. The normalized spacial score (nSPS) is 23.7. The second-order valence-corrected chi connectivity index (χ2v) is 13.1. The van der Waals surface area contributed by atoms with Crippen molar-refractivity contribution in [2.24, 2.45) is 16.7 Å². The number of rotatable bonds is 9. The monoisotopic (exact) mass is 546 g/mol. The molecule has 4 unspecified atom stereocenters. The molecule has 1 saturated heterocycles. The maximum atomic E-state index is 13.5. The number of phenolic OH excluding ortho intramolecular Hbond substituents is 2. The molecule has 1 heterocycles. The van der Waals surface area contributed by atoms with E-state index in [1.165, 1.54) is 23.1 Å². The smallest absolute Gasteiger partial charge is 0.329 e. The molecule has 1 aromatic rings. The van der Waals surface area contributed by atoms with Gasteiger partial charge in [-0.15, -0.1) is 0 Å². The minimum Gasteiger partial charge on any atom is -0.504 e. The van der Waals surface area contributed by atoms with Crippen LogP contribution in [0, 0.1) is 16.7 Å². The van der Waals surface area contributed by atoms with Crippen molar-refractivity contribution in [3.05, 3.63) is 23.8 Å². The van der Waals surface area contributed by atoms with Crippen LogP contribution < -0.4 is 5.32 Å². The summed E-state index contributed by atoms with van der Waals surface area (Å²) >= 11 is 0. The summed E-state index contributed by atoms with van der Waals surface area (Å²) in [6.07, 6.45) is 2.31. The van der Waals surface area contributed by atoms with Gasteiger partial charge in [0.1, 0.15) is 17.7 Å². The van der Waals surface area contributed by atoms with E-state index in [2.05, 4.69) is 33.0 Å². The van der Waals surface area contributed by atoms with E-state index in [1.54, 1.807) is 13.8 Å². The van der Waals surface area contributed by atoms with Crippen LogP contribution in [0.15, 0.2) is 18.2 Å². The lowest BCUT2D eigenvalue weighted by molar-refractivity contribution is -0.160. The van der Waals surface area contributed by atoms with Crippen molar-refractivity contribution < 1.29 is 34.4 Å². The molecule has 39 heavy (non-hydrogen) atoms. The molecule has 9 nitrogen and oxygen atoms in total. The Morgan fingerprint density at radius 3 is 2.38 bits per heavy atom. The number of esters is 1. The molecule has 1 aliphatic heterocycles. The van der Waals surface area contributed by atoms with Crippen LogP contribution >= 0.6 is 0 Å². The highest BCUT2D eigenvalue weighted by atomic mass is 16.5. The summed E-state index contributed by atoms with van der Waals surface area (Å²) in [6.45, 7) is 14.5. The van der Waals surface area contributed by atoms with Crippen LogP contribution in [0.25, 0.3) is 0 Å².